The Morgan fingerprint density at radius 1 is 0.586 bits per heavy atom. The third-order valence-electron chi connectivity index (χ3n) is 4.30. The Morgan fingerprint density at radius 2 is 0.897 bits per heavy atom. The summed E-state index contributed by atoms with van der Waals surface area (Å²) in [5, 5.41) is 7.04. The number of hydrogen-bond donors (Lipinski definition) is 2. The number of hydrogen-bond acceptors (Lipinski definition) is 2. The third kappa shape index (κ3) is 7.38. The second kappa shape index (κ2) is 12.3. The van der Waals surface area contributed by atoms with Gasteiger partial charge in [0.2, 0.25) is 0 Å². The monoisotopic (exact) mass is 474 g/mol. The zero-order valence-electron chi connectivity index (χ0n) is 15.7. The van der Waals surface area contributed by atoms with Crippen molar-refractivity contribution in [3.63, 3.8) is 0 Å². The molecule has 2 amide bonds. The highest BCUT2D eigenvalue weighted by Gasteiger charge is 2.14. The van der Waals surface area contributed by atoms with E-state index in [9.17, 15) is 9.59 Å². The fourth-order valence-corrected chi connectivity index (χ4v) is 3.93. The topological polar surface area (TPSA) is 58.2 Å². The van der Waals surface area contributed by atoms with Gasteiger partial charge in [0.15, 0.2) is 0 Å². The number of halogens is 4. The van der Waals surface area contributed by atoms with Crippen LogP contribution in [0.1, 0.15) is 52.8 Å². The highest BCUT2D eigenvalue weighted by Crippen LogP contribution is 2.24. The second-order valence-electron chi connectivity index (χ2n) is 6.47. The molecule has 0 unspecified atom stereocenters. The molecule has 2 N–H and O–H groups in total. The Kier molecular flexibility index (Phi) is 10.1. The predicted molar refractivity (Wildman–Crippen MR) is 121 cm³/mol. The number of benzene rings is 2. The molecule has 29 heavy (non-hydrogen) atoms. The van der Waals surface area contributed by atoms with Crippen molar-refractivity contribution in [2.45, 2.75) is 32.1 Å². The van der Waals surface area contributed by atoms with Crippen LogP contribution in [0.4, 0.5) is 0 Å². The number of rotatable bonds is 10. The van der Waals surface area contributed by atoms with Crippen LogP contribution in [-0.2, 0) is 0 Å². The molecule has 0 saturated heterocycles. The van der Waals surface area contributed by atoms with Crippen LogP contribution in [0, 0.1) is 0 Å². The Balaban J connectivity index is 1.56. The molecular formula is C21H22Cl4N2O2. The molecule has 8 heteroatoms. The largest absolute Gasteiger partial charge is 0.352 e. The highest BCUT2D eigenvalue weighted by atomic mass is 35.5. The predicted octanol–water partition coefficient (Wildman–Crippen LogP) is 6.41. The Bertz CT molecular complexity index is 749. The molecule has 0 aromatic heterocycles. The molecule has 0 fully saturated rings. The first kappa shape index (κ1) is 23.8. The van der Waals surface area contributed by atoms with Crippen LogP contribution in [0.3, 0.4) is 0 Å². The molecule has 0 heterocycles. The van der Waals surface area contributed by atoms with Crippen LogP contribution in [0.25, 0.3) is 0 Å². The van der Waals surface area contributed by atoms with Gasteiger partial charge in [0, 0.05) is 13.1 Å². The van der Waals surface area contributed by atoms with Gasteiger partial charge in [0.05, 0.1) is 31.2 Å². The van der Waals surface area contributed by atoms with E-state index in [1.165, 1.54) is 0 Å². The molecule has 0 saturated carbocycles. The van der Waals surface area contributed by atoms with Gasteiger partial charge in [0.1, 0.15) is 0 Å². The molecule has 0 atom stereocenters. The van der Waals surface area contributed by atoms with Gasteiger partial charge in [-0.1, -0.05) is 77.8 Å². The molecule has 0 radical (unpaired) electrons. The number of carbonyl (C=O) groups is 2. The van der Waals surface area contributed by atoms with E-state index in [-0.39, 0.29) is 11.8 Å². The summed E-state index contributed by atoms with van der Waals surface area (Å²) in [5.41, 5.74) is 0.621. The maximum Gasteiger partial charge on any atom is 0.254 e. The average molecular weight is 476 g/mol. The fourth-order valence-electron chi connectivity index (χ4n) is 2.79. The van der Waals surface area contributed by atoms with Gasteiger partial charge in [-0.2, -0.15) is 0 Å². The van der Waals surface area contributed by atoms with E-state index < -0.39 is 0 Å². The van der Waals surface area contributed by atoms with E-state index in [1.54, 1.807) is 36.4 Å². The van der Waals surface area contributed by atoms with E-state index in [1.807, 2.05) is 0 Å². The summed E-state index contributed by atoms with van der Waals surface area (Å²) in [6.07, 6.45) is 4.66. The molecular weight excluding hydrogens is 454 g/mol. The summed E-state index contributed by atoms with van der Waals surface area (Å²) in [6.45, 7) is 1.12. The lowest BCUT2D eigenvalue weighted by Crippen LogP contribution is -2.25. The van der Waals surface area contributed by atoms with Gasteiger partial charge >= 0.3 is 0 Å². The molecule has 4 nitrogen and oxygen atoms in total. The van der Waals surface area contributed by atoms with Crippen molar-refractivity contribution < 1.29 is 9.59 Å². The molecule has 0 spiro atoms. The van der Waals surface area contributed by atoms with Gasteiger partial charge < -0.3 is 10.6 Å². The summed E-state index contributed by atoms with van der Waals surface area (Å²) >= 11 is 24.1. The Labute approximate surface area is 190 Å². The lowest BCUT2D eigenvalue weighted by molar-refractivity contribution is 0.0945. The zero-order chi connectivity index (χ0) is 21.2. The second-order valence-corrected chi connectivity index (χ2v) is 8.10. The fraction of sp³-hybridized carbons (Fsp3) is 0.333. The van der Waals surface area contributed by atoms with Crippen LogP contribution in [0.5, 0.6) is 0 Å². The molecule has 156 valence electrons. The first-order chi connectivity index (χ1) is 13.9. The van der Waals surface area contributed by atoms with Crippen molar-refractivity contribution in [2.75, 3.05) is 13.1 Å². The van der Waals surface area contributed by atoms with Crippen LogP contribution in [-0.4, -0.2) is 24.9 Å². The van der Waals surface area contributed by atoms with Gasteiger partial charge in [0.25, 0.3) is 11.8 Å². The van der Waals surface area contributed by atoms with Crippen LogP contribution >= 0.6 is 46.4 Å². The van der Waals surface area contributed by atoms with Crippen LogP contribution < -0.4 is 10.6 Å². The quantitative estimate of drug-likeness (QED) is 0.390. The maximum absolute atomic E-state index is 12.2. The van der Waals surface area contributed by atoms with E-state index in [0.29, 0.717) is 44.3 Å². The molecule has 0 aliphatic heterocycles. The van der Waals surface area contributed by atoms with Gasteiger partial charge in [-0.05, 0) is 37.1 Å². The van der Waals surface area contributed by atoms with Gasteiger partial charge in [-0.25, -0.2) is 0 Å². The van der Waals surface area contributed by atoms with E-state index in [0.717, 1.165) is 32.1 Å². The van der Waals surface area contributed by atoms with Gasteiger partial charge in [-0.3, -0.25) is 9.59 Å². The zero-order valence-corrected chi connectivity index (χ0v) is 18.8. The van der Waals surface area contributed by atoms with Crippen molar-refractivity contribution in [1.82, 2.24) is 10.6 Å². The van der Waals surface area contributed by atoms with Crippen molar-refractivity contribution in [3.05, 3.63) is 67.6 Å². The minimum atomic E-state index is -0.262. The summed E-state index contributed by atoms with van der Waals surface area (Å²) in [4.78, 5) is 24.3. The van der Waals surface area contributed by atoms with Crippen LogP contribution in [0.15, 0.2) is 36.4 Å². The SMILES string of the molecule is O=C(NCCCCCCCNC(=O)c1c(Cl)cccc1Cl)c1c(Cl)cccc1Cl. The number of nitrogens with one attached hydrogen (secondary N) is 2. The minimum absolute atomic E-state index is 0.262. The lowest BCUT2D eigenvalue weighted by atomic mass is 10.1. The molecule has 0 aliphatic carbocycles. The Hall–Kier alpha value is -1.46. The molecule has 0 bridgehead atoms. The number of unbranched alkanes of at least 4 members (excludes halogenated alkanes) is 4. The molecule has 2 aromatic rings. The minimum Gasteiger partial charge on any atom is -0.352 e. The van der Waals surface area contributed by atoms with E-state index in [4.69, 9.17) is 46.4 Å². The van der Waals surface area contributed by atoms with Crippen molar-refractivity contribution in [3.8, 4) is 0 Å². The van der Waals surface area contributed by atoms with Crippen LogP contribution in [0.2, 0.25) is 20.1 Å². The van der Waals surface area contributed by atoms with Gasteiger partial charge in [-0.15, -0.1) is 0 Å². The summed E-state index contributed by atoms with van der Waals surface area (Å²) in [7, 11) is 0. The molecule has 2 rings (SSSR count). The van der Waals surface area contributed by atoms with Crippen molar-refractivity contribution in [1.29, 1.82) is 0 Å². The standard InChI is InChI=1S/C21H22Cl4N2O2/c22-14-8-6-9-15(23)18(14)20(28)26-12-4-2-1-3-5-13-27-21(29)19-16(24)10-7-11-17(19)25/h6-11H,1-5,12-13H2,(H,26,28)(H,27,29). The van der Waals surface area contributed by atoms with E-state index >= 15 is 0 Å². The highest BCUT2D eigenvalue weighted by molar-refractivity contribution is 6.40. The Morgan fingerprint density at radius 3 is 1.24 bits per heavy atom. The number of amides is 2. The average Bonchev–Trinajstić information content (AvgIpc) is 2.66. The van der Waals surface area contributed by atoms with Crippen molar-refractivity contribution >= 4 is 58.2 Å². The lowest BCUT2D eigenvalue weighted by Gasteiger charge is -2.09. The summed E-state index contributed by atoms with van der Waals surface area (Å²) in [5.74, 6) is -0.525. The first-order valence-electron chi connectivity index (χ1n) is 9.36. The third-order valence-corrected chi connectivity index (χ3v) is 5.56. The summed E-state index contributed by atoms with van der Waals surface area (Å²) < 4.78 is 0. The van der Waals surface area contributed by atoms with Crippen molar-refractivity contribution in [2.24, 2.45) is 0 Å². The smallest absolute Gasteiger partial charge is 0.254 e. The molecule has 0 aliphatic rings. The normalized spacial score (nSPS) is 10.6. The maximum atomic E-state index is 12.2. The molecule has 2 aromatic carbocycles. The summed E-state index contributed by atoms with van der Waals surface area (Å²) in [6, 6.07) is 9.96. The first-order valence-corrected chi connectivity index (χ1v) is 10.9. The van der Waals surface area contributed by atoms with E-state index in [2.05, 4.69) is 10.6 Å². The number of carbonyl (C=O) groups excluding carboxylic acids is 2.